The predicted octanol–water partition coefficient (Wildman–Crippen LogP) is 1.12. The summed E-state index contributed by atoms with van der Waals surface area (Å²) in [6.45, 7) is 3.85. The van der Waals surface area contributed by atoms with Crippen molar-refractivity contribution in [1.82, 2.24) is 14.9 Å². The van der Waals surface area contributed by atoms with Crippen molar-refractivity contribution in [2.24, 2.45) is 11.8 Å². The molecule has 3 amide bonds. The molecular formula is C20H29N3O7S. The number of methoxy groups -OCH3 is 1. The van der Waals surface area contributed by atoms with Crippen LogP contribution < -0.4 is 15.4 Å². The van der Waals surface area contributed by atoms with Gasteiger partial charge in [-0.25, -0.2) is 13.2 Å². The van der Waals surface area contributed by atoms with Crippen LogP contribution in [-0.2, 0) is 24.3 Å². The van der Waals surface area contributed by atoms with Gasteiger partial charge in [-0.3, -0.25) is 14.9 Å². The quantitative estimate of drug-likeness (QED) is 0.562. The van der Waals surface area contributed by atoms with E-state index in [-0.39, 0.29) is 23.9 Å². The highest BCUT2D eigenvalue weighted by Crippen LogP contribution is 2.25. The number of benzene rings is 1. The summed E-state index contributed by atoms with van der Waals surface area (Å²) in [6, 6.07) is 5.34. The van der Waals surface area contributed by atoms with Crippen molar-refractivity contribution in [2.45, 2.75) is 31.6 Å². The highest BCUT2D eigenvalue weighted by Gasteiger charge is 2.34. The van der Waals surface area contributed by atoms with Gasteiger partial charge in [0.05, 0.1) is 17.9 Å². The van der Waals surface area contributed by atoms with Crippen LogP contribution in [0.25, 0.3) is 0 Å². The van der Waals surface area contributed by atoms with Gasteiger partial charge in [-0.15, -0.1) is 0 Å². The molecule has 2 rings (SSSR count). The van der Waals surface area contributed by atoms with Crippen LogP contribution in [0.1, 0.15) is 26.7 Å². The fourth-order valence-electron chi connectivity index (χ4n) is 3.01. The third-order valence-electron chi connectivity index (χ3n) is 4.68. The summed E-state index contributed by atoms with van der Waals surface area (Å²) in [5.41, 5.74) is 0. The van der Waals surface area contributed by atoms with Gasteiger partial charge in [-0.1, -0.05) is 13.8 Å². The first kappa shape index (κ1) is 24.6. The molecular weight excluding hydrogens is 426 g/mol. The first-order valence-corrected chi connectivity index (χ1v) is 11.5. The van der Waals surface area contributed by atoms with E-state index in [2.05, 4.69) is 10.6 Å². The Kier molecular flexibility index (Phi) is 8.81. The smallest absolute Gasteiger partial charge is 0.321 e. The SMILES string of the molecule is COc1ccc(S(=O)(=O)N2CCCC(C(=O)OCC(=O)NC(=O)NCC(C)C)C2)cc1. The Balaban J connectivity index is 1.88. The third kappa shape index (κ3) is 7.21. The maximum Gasteiger partial charge on any atom is 0.321 e. The van der Waals surface area contributed by atoms with Gasteiger partial charge >= 0.3 is 12.0 Å². The molecule has 0 bridgehead atoms. The number of nitrogens with one attached hydrogen (secondary N) is 2. The molecule has 1 aliphatic rings. The second-order valence-corrected chi connectivity index (χ2v) is 9.58. The van der Waals surface area contributed by atoms with Crippen molar-refractivity contribution in [3.8, 4) is 5.75 Å². The van der Waals surface area contributed by atoms with Crippen LogP contribution in [-0.4, -0.2) is 64.0 Å². The summed E-state index contributed by atoms with van der Waals surface area (Å²) < 4.78 is 37.0. The first-order valence-electron chi connectivity index (χ1n) is 10.0. The number of carbonyl (C=O) groups is 3. The van der Waals surface area contributed by atoms with E-state index >= 15 is 0 Å². The number of sulfonamides is 1. The van der Waals surface area contributed by atoms with Crippen molar-refractivity contribution < 1.29 is 32.3 Å². The minimum atomic E-state index is -3.78. The van der Waals surface area contributed by atoms with Crippen LogP contribution in [0.3, 0.4) is 0 Å². The molecule has 2 N–H and O–H groups in total. The summed E-state index contributed by atoms with van der Waals surface area (Å²) >= 11 is 0. The van der Waals surface area contributed by atoms with Crippen LogP contribution in [0.5, 0.6) is 5.75 Å². The second kappa shape index (κ2) is 11.1. The number of carbonyl (C=O) groups excluding carboxylic acids is 3. The van der Waals surface area contributed by atoms with Gasteiger partial charge in [0.2, 0.25) is 10.0 Å². The number of imide groups is 1. The molecule has 0 aliphatic carbocycles. The topological polar surface area (TPSA) is 131 Å². The molecule has 0 spiro atoms. The van der Waals surface area contributed by atoms with Crippen molar-refractivity contribution >= 4 is 27.9 Å². The lowest BCUT2D eigenvalue weighted by molar-refractivity contribution is -0.153. The summed E-state index contributed by atoms with van der Waals surface area (Å²) in [6.07, 6.45) is 0.933. The van der Waals surface area contributed by atoms with Crippen LogP contribution in [0.2, 0.25) is 0 Å². The van der Waals surface area contributed by atoms with Crippen molar-refractivity contribution in [1.29, 1.82) is 0 Å². The fraction of sp³-hybridized carbons (Fsp3) is 0.550. The molecule has 172 valence electrons. The van der Waals surface area contributed by atoms with Crippen molar-refractivity contribution in [2.75, 3.05) is 33.4 Å². The number of nitrogens with zero attached hydrogens (tertiary/aromatic N) is 1. The van der Waals surface area contributed by atoms with Gasteiger partial charge in [0, 0.05) is 19.6 Å². The van der Waals surface area contributed by atoms with Gasteiger partial charge < -0.3 is 14.8 Å². The number of amides is 3. The van der Waals surface area contributed by atoms with Crippen LogP contribution in [0.15, 0.2) is 29.2 Å². The Morgan fingerprint density at radius 3 is 2.48 bits per heavy atom. The van der Waals surface area contributed by atoms with Gasteiger partial charge in [-0.2, -0.15) is 4.31 Å². The Morgan fingerprint density at radius 1 is 1.19 bits per heavy atom. The molecule has 1 saturated heterocycles. The Hall–Kier alpha value is -2.66. The average Bonchev–Trinajstić information content (AvgIpc) is 2.76. The monoisotopic (exact) mass is 455 g/mol. The van der Waals surface area contributed by atoms with E-state index in [4.69, 9.17) is 9.47 Å². The number of piperidine rings is 1. The van der Waals surface area contributed by atoms with E-state index in [0.717, 1.165) is 0 Å². The molecule has 0 saturated carbocycles. The van der Waals surface area contributed by atoms with Crippen LogP contribution >= 0.6 is 0 Å². The molecule has 10 nitrogen and oxygen atoms in total. The van der Waals surface area contributed by atoms with E-state index in [1.54, 1.807) is 12.1 Å². The molecule has 31 heavy (non-hydrogen) atoms. The van der Waals surface area contributed by atoms with Crippen LogP contribution in [0.4, 0.5) is 4.79 Å². The minimum absolute atomic E-state index is 0.0380. The average molecular weight is 456 g/mol. The summed E-state index contributed by atoms with van der Waals surface area (Å²) in [4.78, 5) is 35.8. The van der Waals surface area contributed by atoms with E-state index < -0.39 is 40.5 Å². The number of rotatable bonds is 8. The molecule has 1 aliphatic heterocycles. The lowest BCUT2D eigenvalue weighted by Gasteiger charge is -2.30. The maximum atomic E-state index is 12.9. The van der Waals surface area contributed by atoms with Gasteiger partial charge in [0.25, 0.3) is 5.91 Å². The van der Waals surface area contributed by atoms with E-state index in [1.165, 1.54) is 23.5 Å². The minimum Gasteiger partial charge on any atom is -0.497 e. The van der Waals surface area contributed by atoms with E-state index in [0.29, 0.717) is 25.1 Å². The van der Waals surface area contributed by atoms with Crippen LogP contribution in [0, 0.1) is 11.8 Å². The van der Waals surface area contributed by atoms with Gasteiger partial charge in [0.15, 0.2) is 6.61 Å². The number of esters is 1. The predicted molar refractivity (Wildman–Crippen MR) is 112 cm³/mol. The number of urea groups is 1. The zero-order chi connectivity index (χ0) is 23.0. The molecule has 11 heteroatoms. The third-order valence-corrected chi connectivity index (χ3v) is 6.56. The van der Waals surface area contributed by atoms with Crippen molar-refractivity contribution in [3.05, 3.63) is 24.3 Å². The molecule has 1 aromatic rings. The normalized spacial score (nSPS) is 17.1. The van der Waals surface area contributed by atoms with Crippen molar-refractivity contribution in [3.63, 3.8) is 0 Å². The summed E-state index contributed by atoms with van der Waals surface area (Å²) in [5, 5.41) is 4.59. The Bertz CT molecular complexity index is 885. The largest absolute Gasteiger partial charge is 0.497 e. The zero-order valence-corrected chi connectivity index (χ0v) is 18.7. The molecule has 1 fully saturated rings. The zero-order valence-electron chi connectivity index (χ0n) is 17.9. The van der Waals surface area contributed by atoms with E-state index in [9.17, 15) is 22.8 Å². The molecule has 1 aromatic carbocycles. The summed E-state index contributed by atoms with van der Waals surface area (Å²) in [5.74, 6) is -1.36. The van der Waals surface area contributed by atoms with Gasteiger partial charge in [-0.05, 0) is 43.0 Å². The number of ether oxygens (including phenoxy) is 2. The molecule has 1 atom stereocenters. The Morgan fingerprint density at radius 2 is 1.87 bits per heavy atom. The number of hydrogen-bond donors (Lipinski definition) is 2. The van der Waals surface area contributed by atoms with E-state index in [1.807, 2.05) is 13.8 Å². The highest BCUT2D eigenvalue weighted by atomic mass is 32.2. The standard InChI is InChI=1S/C20H29N3O7S/c1-14(2)11-21-20(26)22-18(24)13-30-19(25)15-5-4-10-23(12-15)31(27,28)17-8-6-16(29-3)7-9-17/h6-9,14-15H,4-5,10-13H2,1-3H3,(H2,21,22,24,26). The molecule has 0 radical (unpaired) electrons. The first-order chi connectivity index (χ1) is 14.6. The lowest BCUT2D eigenvalue weighted by atomic mass is 10.00. The molecule has 0 aromatic heterocycles. The lowest BCUT2D eigenvalue weighted by Crippen LogP contribution is -2.44. The second-order valence-electron chi connectivity index (χ2n) is 7.64. The maximum absolute atomic E-state index is 12.9. The highest BCUT2D eigenvalue weighted by molar-refractivity contribution is 7.89. The fourth-order valence-corrected chi connectivity index (χ4v) is 4.53. The summed E-state index contributed by atoms with van der Waals surface area (Å²) in [7, 11) is -2.29. The number of hydrogen-bond acceptors (Lipinski definition) is 7. The van der Waals surface area contributed by atoms with Gasteiger partial charge in [0.1, 0.15) is 5.75 Å². The molecule has 1 unspecified atom stereocenters. The Labute approximate surface area is 182 Å². The molecule has 1 heterocycles.